The molecule has 0 unspecified atom stereocenters. The van der Waals surface area contributed by atoms with E-state index in [1.165, 1.54) is 15.6 Å². The van der Waals surface area contributed by atoms with Gasteiger partial charge in [-0.15, -0.1) is 11.3 Å². The summed E-state index contributed by atoms with van der Waals surface area (Å²) in [5, 5.41) is 5.98. The Kier molecular flexibility index (Phi) is 5.52. The highest BCUT2D eigenvalue weighted by molar-refractivity contribution is 7.93. The molecule has 1 fully saturated rings. The van der Waals surface area contributed by atoms with Crippen molar-refractivity contribution in [2.24, 2.45) is 0 Å². The van der Waals surface area contributed by atoms with Gasteiger partial charge in [-0.1, -0.05) is 29.3 Å². The first kappa shape index (κ1) is 20.2. The zero-order valence-corrected chi connectivity index (χ0v) is 18.1. The zero-order chi connectivity index (χ0) is 20.6. The Hall–Kier alpha value is -2.13. The van der Waals surface area contributed by atoms with Gasteiger partial charge in [-0.2, -0.15) is 0 Å². The largest absolute Gasteiger partial charge is 0.298 e. The van der Waals surface area contributed by atoms with Crippen LogP contribution in [0, 0.1) is 0 Å². The van der Waals surface area contributed by atoms with Crippen molar-refractivity contribution in [3.05, 3.63) is 63.5 Å². The molecule has 4 rings (SSSR count). The van der Waals surface area contributed by atoms with Gasteiger partial charge in [-0.05, 0) is 42.8 Å². The Morgan fingerprint density at radius 2 is 2.00 bits per heavy atom. The quantitative estimate of drug-likeness (QED) is 0.590. The number of rotatable bonds is 4. The highest BCUT2D eigenvalue weighted by Crippen LogP contribution is 2.33. The molecule has 0 spiro atoms. The second-order valence-electron chi connectivity index (χ2n) is 6.41. The Morgan fingerprint density at radius 1 is 1.17 bits per heavy atom. The molecule has 150 valence electrons. The second kappa shape index (κ2) is 7.95. The van der Waals surface area contributed by atoms with Crippen LogP contribution in [-0.4, -0.2) is 31.6 Å². The maximum atomic E-state index is 12.6. The van der Waals surface area contributed by atoms with E-state index < -0.39 is 10.0 Å². The number of amides is 1. The van der Waals surface area contributed by atoms with Crippen LogP contribution in [-0.2, 0) is 10.0 Å². The summed E-state index contributed by atoms with van der Waals surface area (Å²) in [6.45, 7) is 0.420. The molecule has 3 aromatic rings. The lowest BCUT2D eigenvalue weighted by Gasteiger charge is -2.17. The first-order valence-corrected chi connectivity index (χ1v) is 11.9. The average molecular weight is 468 g/mol. The van der Waals surface area contributed by atoms with Gasteiger partial charge in [0.25, 0.3) is 5.91 Å². The van der Waals surface area contributed by atoms with E-state index in [1.54, 1.807) is 47.8 Å². The maximum absolute atomic E-state index is 12.6. The van der Waals surface area contributed by atoms with Gasteiger partial charge < -0.3 is 0 Å². The molecular formula is C19H15Cl2N3O3S2. The normalized spacial score (nSPS) is 15.4. The lowest BCUT2D eigenvalue weighted by Crippen LogP contribution is -2.25. The predicted molar refractivity (Wildman–Crippen MR) is 118 cm³/mol. The van der Waals surface area contributed by atoms with E-state index in [0.717, 1.165) is 0 Å². The highest BCUT2D eigenvalue weighted by Gasteiger charge is 2.28. The summed E-state index contributed by atoms with van der Waals surface area (Å²) in [7, 11) is -3.31. The lowest BCUT2D eigenvalue weighted by atomic mass is 10.2. The summed E-state index contributed by atoms with van der Waals surface area (Å²) < 4.78 is 25.6. The van der Waals surface area contributed by atoms with Crippen molar-refractivity contribution < 1.29 is 13.2 Å². The number of sulfonamides is 1. The number of benzene rings is 2. The number of aromatic nitrogens is 1. The fourth-order valence-corrected chi connectivity index (χ4v) is 5.70. The van der Waals surface area contributed by atoms with Crippen LogP contribution in [0.2, 0.25) is 10.0 Å². The Balaban J connectivity index is 1.54. The van der Waals surface area contributed by atoms with Gasteiger partial charge >= 0.3 is 0 Å². The van der Waals surface area contributed by atoms with Gasteiger partial charge in [0.15, 0.2) is 5.13 Å². The van der Waals surface area contributed by atoms with Crippen molar-refractivity contribution in [2.45, 2.75) is 6.42 Å². The van der Waals surface area contributed by atoms with Crippen molar-refractivity contribution in [1.29, 1.82) is 0 Å². The molecule has 1 N–H and O–H groups in total. The molecule has 0 bridgehead atoms. The number of carbonyl (C=O) groups is 1. The van der Waals surface area contributed by atoms with Crippen LogP contribution in [0.1, 0.15) is 16.8 Å². The van der Waals surface area contributed by atoms with Gasteiger partial charge in [0.05, 0.1) is 22.2 Å². The van der Waals surface area contributed by atoms with Crippen molar-refractivity contribution in [3.63, 3.8) is 0 Å². The summed E-state index contributed by atoms with van der Waals surface area (Å²) in [6.07, 6.45) is 0.576. The van der Waals surface area contributed by atoms with Gasteiger partial charge in [-0.25, -0.2) is 13.4 Å². The lowest BCUT2D eigenvalue weighted by molar-refractivity contribution is 0.102. The smallest absolute Gasteiger partial charge is 0.257 e. The van der Waals surface area contributed by atoms with E-state index in [2.05, 4.69) is 10.3 Å². The number of thiazole rings is 1. The van der Waals surface area contributed by atoms with Gasteiger partial charge in [0, 0.05) is 28.1 Å². The third-order valence-corrected chi connectivity index (χ3v) is 7.62. The number of carbonyl (C=O) groups excluding carboxylic acids is 1. The Bertz CT molecular complexity index is 1190. The zero-order valence-electron chi connectivity index (χ0n) is 14.9. The van der Waals surface area contributed by atoms with Gasteiger partial charge in [0.2, 0.25) is 10.0 Å². The van der Waals surface area contributed by atoms with E-state index in [9.17, 15) is 13.2 Å². The molecule has 2 heterocycles. The number of nitrogens with one attached hydrogen (secondary N) is 1. The molecule has 1 aliphatic heterocycles. The van der Waals surface area contributed by atoms with Gasteiger partial charge in [-0.3, -0.25) is 14.4 Å². The first-order chi connectivity index (χ1) is 13.8. The second-order valence-corrected chi connectivity index (χ2v) is 10.1. The molecule has 1 aromatic heterocycles. The molecule has 0 aliphatic carbocycles. The van der Waals surface area contributed by atoms with Crippen LogP contribution in [0.25, 0.3) is 11.3 Å². The van der Waals surface area contributed by atoms with E-state index in [-0.39, 0.29) is 11.7 Å². The molecule has 29 heavy (non-hydrogen) atoms. The van der Waals surface area contributed by atoms with Crippen molar-refractivity contribution in [2.75, 3.05) is 21.9 Å². The summed E-state index contributed by atoms with van der Waals surface area (Å²) in [5.74, 6) is -0.251. The maximum Gasteiger partial charge on any atom is 0.257 e. The number of hydrogen-bond donors (Lipinski definition) is 1. The van der Waals surface area contributed by atoms with E-state index in [4.69, 9.17) is 23.2 Å². The van der Waals surface area contributed by atoms with E-state index in [0.29, 0.717) is 50.7 Å². The fraction of sp³-hybridized carbons (Fsp3) is 0.158. The van der Waals surface area contributed by atoms with Crippen LogP contribution in [0.3, 0.4) is 0 Å². The summed E-state index contributed by atoms with van der Waals surface area (Å²) in [4.78, 5) is 17.1. The molecule has 10 heteroatoms. The number of halogens is 2. The molecule has 0 radical (unpaired) electrons. The predicted octanol–water partition coefficient (Wildman–Crippen LogP) is 4.91. The molecular weight excluding hydrogens is 453 g/mol. The van der Waals surface area contributed by atoms with Crippen molar-refractivity contribution in [3.8, 4) is 11.3 Å². The number of hydrogen-bond acceptors (Lipinski definition) is 5. The molecule has 1 saturated heterocycles. The van der Waals surface area contributed by atoms with Crippen LogP contribution >= 0.6 is 34.5 Å². The SMILES string of the molecule is O=C(Nc1nc(-c2cc(Cl)ccc2Cl)cs1)c1cccc(N2CCCS2(=O)=O)c1. The minimum absolute atomic E-state index is 0.122. The Morgan fingerprint density at radius 3 is 2.76 bits per heavy atom. The molecule has 0 atom stereocenters. The Labute approximate surface area is 182 Å². The van der Waals surface area contributed by atoms with Crippen LogP contribution < -0.4 is 9.62 Å². The van der Waals surface area contributed by atoms with Crippen LogP contribution in [0.4, 0.5) is 10.8 Å². The van der Waals surface area contributed by atoms with Crippen molar-refractivity contribution >= 4 is 61.3 Å². The first-order valence-electron chi connectivity index (χ1n) is 8.66. The average Bonchev–Trinajstić information content (AvgIpc) is 3.29. The van der Waals surface area contributed by atoms with Crippen LogP contribution in [0.15, 0.2) is 47.8 Å². The molecule has 6 nitrogen and oxygen atoms in total. The van der Waals surface area contributed by atoms with Crippen LogP contribution in [0.5, 0.6) is 0 Å². The topological polar surface area (TPSA) is 79.4 Å². The molecule has 1 amide bonds. The summed E-state index contributed by atoms with van der Waals surface area (Å²) >= 11 is 13.5. The van der Waals surface area contributed by atoms with E-state index in [1.807, 2.05) is 0 Å². The fourth-order valence-electron chi connectivity index (χ4n) is 3.05. The minimum atomic E-state index is -3.31. The summed E-state index contributed by atoms with van der Waals surface area (Å²) in [5.41, 5.74) is 2.12. The third kappa shape index (κ3) is 4.25. The highest BCUT2D eigenvalue weighted by atomic mass is 35.5. The van der Waals surface area contributed by atoms with Crippen molar-refractivity contribution in [1.82, 2.24) is 4.98 Å². The number of anilines is 2. The molecule has 2 aromatic carbocycles. The third-order valence-electron chi connectivity index (χ3n) is 4.42. The monoisotopic (exact) mass is 467 g/mol. The van der Waals surface area contributed by atoms with E-state index >= 15 is 0 Å². The molecule has 0 saturated carbocycles. The summed E-state index contributed by atoms with van der Waals surface area (Å²) in [6, 6.07) is 11.6. The standard InChI is InChI=1S/C19H15Cl2N3O3S2/c20-13-5-6-16(21)15(10-13)17-11-28-19(22-17)23-18(25)12-3-1-4-14(9-12)24-7-2-8-29(24,26)27/h1,3-6,9-11H,2,7-8H2,(H,22,23,25). The minimum Gasteiger partial charge on any atom is -0.298 e. The number of nitrogens with zero attached hydrogens (tertiary/aromatic N) is 2. The molecule has 1 aliphatic rings. The van der Waals surface area contributed by atoms with Gasteiger partial charge in [0.1, 0.15) is 0 Å².